The molecule has 0 aliphatic carbocycles. The van der Waals surface area contributed by atoms with E-state index in [0.29, 0.717) is 13.0 Å². The summed E-state index contributed by atoms with van der Waals surface area (Å²) in [6.07, 6.45) is 0.870. The number of hydrogen-bond donors (Lipinski definition) is 5. The Bertz CT molecular complexity index is 369. The molecule has 1 rings (SSSR count). The van der Waals surface area contributed by atoms with Crippen LogP contribution in [-0.2, 0) is 9.59 Å². The highest BCUT2D eigenvalue weighted by Gasteiger charge is 2.27. The molecule has 8 heteroatoms. The molecule has 1 saturated heterocycles. The smallest absolute Gasteiger partial charge is 0.315 e. The van der Waals surface area contributed by atoms with Crippen molar-refractivity contribution in [1.29, 1.82) is 0 Å². The molecule has 0 bridgehead atoms. The van der Waals surface area contributed by atoms with Crippen molar-refractivity contribution < 1.29 is 24.6 Å². The monoisotopic (exact) mass is 273 g/mol. The SMILES string of the molecule is CC(O)(CNC(=O)NC1CCCNC1=O)CC(=O)O. The van der Waals surface area contributed by atoms with Crippen LogP contribution in [0.4, 0.5) is 4.79 Å². The number of nitrogens with one attached hydrogen (secondary N) is 3. The molecule has 0 aromatic carbocycles. The third kappa shape index (κ3) is 5.56. The molecule has 1 fully saturated rings. The zero-order chi connectivity index (χ0) is 14.5. The van der Waals surface area contributed by atoms with Crippen molar-refractivity contribution in [3.05, 3.63) is 0 Å². The number of urea groups is 1. The van der Waals surface area contributed by atoms with E-state index >= 15 is 0 Å². The number of carbonyl (C=O) groups is 3. The summed E-state index contributed by atoms with van der Waals surface area (Å²) in [6.45, 7) is 1.71. The lowest BCUT2D eigenvalue weighted by molar-refractivity contribution is -0.141. The lowest BCUT2D eigenvalue weighted by Crippen LogP contribution is -2.54. The first kappa shape index (κ1) is 15.2. The number of rotatable bonds is 5. The zero-order valence-electron chi connectivity index (χ0n) is 10.7. The number of carboxylic acid groups (broad SMARTS) is 1. The Morgan fingerprint density at radius 2 is 2.21 bits per heavy atom. The van der Waals surface area contributed by atoms with E-state index in [-0.39, 0.29) is 12.5 Å². The van der Waals surface area contributed by atoms with Gasteiger partial charge in [-0.15, -0.1) is 0 Å². The molecule has 19 heavy (non-hydrogen) atoms. The maximum absolute atomic E-state index is 11.5. The second-order valence-electron chi connectivity index (χ2n) is 4.88. The van der Waals surface area contributed by atoms with E-state index in [1.165, 1.54) is 6.92 Å². The molecule has 2 unspecified atom stereocenters. The lowest BCUT2D eigenvalue weighted by atomic mass is 10.0. The quantitative estimate of drug-likeness (QED) is 0.429. The van der Waals surface area contributed by atoms with Gasteiger partial charge in [0.2, 0.25) is 5.91 Å². The second-order valence-corrected chi connectivity index (χ2v) is 4.88. The van der Waals surface area contributed by atoms with E-state index in [2.05, 4.69) is 16.0 Å². The van der Waals surface area contributed by atoms with E-state index in [0.717, 1.165) is 6.42 Å². The fraction of sp³-hybridized carbons (Fsp3) is 0.727. The number of aliphatic carboxylic acids is 1. The molecular weight excluding hydrogens is 254 g/mol. The number of carbonyl (C=O) groups excluding carboxylic acids is 2. The first-order chi connectivity index (χ1) is 8.80. The van der Waals surface area contributed by atoms with Gasteiger partial charge in [0.15, 0.2) is 0 Å². The molecule has 0 saturated carbocycles. The van der Waals surface area contributed by atoms with E-state index in [9.17, 15) is 19.5 Å². The summed E-state index contributed by atoms with van der Waals surface area (Å²) in [5, 5.41) is 25.7. The van der Waals surface area contributed by atoms with E-state index < -0.39 is 30.1 Å². The molecule has 0 radical (unpaired) electrons. The number of carboxylic acids is 1. The second kappa shape index (κ2) is 6.37. The van der Waals surface area contributed by atoms with Crippen molar-refractivity contribution in [3.8, 4) is 0 Å². The molecule has 3 amide bonds. The average Bonchev–Trinajstić information content (AvgIpc) is 2.28. The number of hydrogen-bond acceptors (Lipinski definition) is 4. The Morgan fingerprint density at radius 1 is 1.53 bits per heavy atom. The van der Waals surface area contributed by atoms with Crippen LogP contribution in [0.1, 0.15) is 26.2 Å². The molecule has 0 aromatic rings. The highest BCUT2D eigenvalue weighted by Crippen LogP contribution is 2.07. The van der Waals surface area contributed by atoms with E-state index in [4.69, 9.17) is 5.11 Å². The molecule has 8 nitrogen and oxygen atoms in total. The largest absolute Gasteiger partial charge is 0.481 e. The predicted molar refractivity (Wildman–Crippen MR) is 65.4 cm³/mol. The van der Waals surface area contributed by atoms with Crippen LogP contribution >= 0.6 is 0 Å². The van der Waals surface area contributed by atoms with Crippen molar-refractivity contribution in [1.82, 2.24) is 16.0 Å². The van der Waals surface area contributed by atoms with Crippen LogP contribution in [0.2, 0.25) is 0 Å². The van der Waals surface area contributed by atoms with Gasteiger partial charge in [0, 0.05) is 13.1 Å². The number of amides is 3. The Balaban J connectivity index is 2.34. The molecule has 0 aromatic heterocycles. The van der Waals surface area contributed by atoms with Crippen molar-refractivity contribution in [3.63, 3.8) is 0 Å². The van der Waals surface area contributed by atoms with E-state index in [1.807, 2.05) is 0 Å². The van der Waals surface area contributed by atoms with E-state index in [1.54, 1.807) is 0 Å². The topological polar surface area (TPSA) is 128 Å². The fourth-order valence-electron chi connectivity index (χ4n) is 1.78. The highest BCUT2D eigenvalue weighted by atomic mass is 16.4. The molecule has 108 valence electrons. The summed E-state index contributed by atoms with van der Waals surface area (Å²) in [5.41, 5.74) is -1.53. The summed E-state index contributed by atoms with van der Waals surface area (Å²) in [4.78, 5) is 33.4. The van der Waals surface area contributed by atoms with Gasteiger partial charge in [0.05, 0.1) is 12.0 Å². The van der Waals surface area contributed by atoms with Gasteiger partial charge in [0.25, 0.3) is 0 Å². The van der Waals surface area contributed by atoms with Gasteiger partial charge in [-0.3, -0.25) is 9.59 Å². The first-order valence-corrected chi connectivity index (χ1v) is 6.06. The van der Waals surface area contributed by atoms with Crippen LogP contribution in [0.15, 0.2) is 0 Å². The van der Waals surface area contributed by atoms with Gasteiger partial charge >= 0.3 is 12.0 Å². The molecule has 0 spiro atoms. The number of piperidine rings is 1. The molecule has 2 atom stereocenters. The normalized spacial score (nSPS) is 22.0. The Hall–Kier alpha value is -1.83. The van der Waals surface area contributed by atoms with Crippen molar-refractivity contribution in [2.45, 2.75) is 37.8 Å². The maximum Gasteiger partial charge on any atom is 0.315 e. The third-order valence-electron chi connectivity index (χ3n) is 2.75. The summed E-state index contributed by atoms with van der Waals surface area (Å²) in [7, 11) is 0. The Kier molecular flexibility index (Phi) is 5.11. The van der Waals surface area contributed by atoms with Gasteiger partial charge in [-0.25, -0.2) is 4.79 Å². The Morgan fingerprint density at radius 3 is 2.79 bits per heavy atom. The van der Waals surface area contributed by atoms with Crippen LogP contribution in [0.25, 0.3) is 0 Å². The van der Waals surface area contributed by atoms with Gasteiger partial charge in [-0.1, -0.05) is 0 Å². The van der Waals surface area contributed by atoms with Crippen LogP contribution in [0, 0.1) is 0 Å². The summed E-state index contributed by atoms with van der Waals surface area (Å²) >= 11 is 0. The minimum atomic E-state index is -1.53. The van der Waals surface area contributed by atoms with Crippen LogP contribution in [0.5, 0.6) is 0 Å². The number of aliphatic hydroxyl groups is 1. The Labute approximate surface area is 110 Å². The summed E-state index contributed by atoms with van der Waals surface area (Å²) in [5.74, 6) is -1.39. The van der Waals surface area contributed by atoms with Crippen molar-refractivity contribution in [2.75, 3.05) is 13.1 Å². The highest BCUT2D eigenvalue weighted by molar-refractivity contribution is 5.87. The predicted octanol–water partition coefficient (Wildman–Crippen LogP) is -1.21. The van der Waals surface area contributed by atoms with Crippen LogP contribution in [-0.4, -0.2) is 52.9 Å². The van der Waals surface area contributed by atoms with Crippen LogP contribution in [0.3, 0.4) is 0 Å². The van der Waals surface area contributed by atoms with Gasteiger partial charge in [0.1, 0.15) is 6.04 Å². The van der Waals surface area contributed by atoms with Gasteiger partial charge in [-0.05, 0) is 19.8 Å². The third-order valence-corrected chi connectivity index (χ3v) is 2.75. The summed E-state index contributed by atoms with van der Waals surface area (Å²) in [6, 6.07) is -1.19. The molecular formula is C11H19N3O5. The van der Waals surface area contributed by atoms with Gasteiger partial charge < -0.3 is 26.2 Å². The standard InChI is InChI=1S/C11H19N3O5/c1-11(19,5-8(15)16)6-13-10(18)14-7-3-2-4-12-9(7)17/h7,19H,2-6H2,1H3,(H,12,17)(H,15,16)(H2,13,14,18). The minimum absolute atomic E-state index is 0.209. The molecule has 5 N–H and O–H groups in total. The maximum atomic E-state index is 11.5. The lowest BCUT2D eigenvalue weighted by Gasteiger charge is -2.25. The van der Waals surface area contributed by atoms with Crippen molar-refractivity contribution in [2.24, 2.45) is 0 Å². The minimum Gasteiger partial charge on any atom is -0.481 e. The van der Waals surface area contributed by atoms with Crippen LogP contribution < -0.4 is 16.0 Å². The van der Waals surface area contributed by atoms with Crippen molar-refractivity contribution >= 4 is 17.9 Å². The zero-order valence-corrected chi connectivity index (χ0v) is 10.7. The molecule has 1 heterocycles. The van der Waals surface area contributed by atoms with Gasteiger partial charge in [-0.2, -0.15) is 0 Å². The first-order valence-electron chi connectivity index (χ1n) is 6.06. The average molecular weight is 273 g/mol. The molecule has 1 aliphatic rings. The fourth-order valence-corrected chi connectivity index (χ4v) is 1.78. The summed E-state index contributed by atoms with van der Waals surface area (Å²) < 4.78 is 0. The molecule has 1 aliphatic heterocycles.